The molecule has 0 bridgehead atoms. The van der Waals surface area contributed by atoms with Crippen LogP contribution in [0.25, 0.3) is 0 Å². The lowest BCUT2D eigenvalue weighted by molar-refractivity contribution is 0.176. The molecule has 0 spiro atoms. The minimum Gasteiger partial charge on any atom is -0.447 e. The Morgan fingerprint density at radius 2 is 2.67 bits per heavy atom. The maximum absolute atomic E-state index is 10.4. The minimum atomic E-state index is -0.270. The van der Waals surface area contributed by atoms with Crippen molar-refractivity contribution in [2.45, 2.75) is 25.8 Å². The number of hydrogen-bond acceptors (Lipinski definition) is 2. The zero-order valence-electron chi connectivity index (χ0n) is 5.52. The first-order valence-electron chi connectivity index (χ1n) is 3.26. The number of carbonyl (C=O) groups excluding carboxylic acids is 1. The van der Waals surface area contributed by atoms with Gasteiger partial charge in [-0.1, -0.05) is 13.3 Å². The molecule has 0 aromatic heterocycles. The third-order valence-corrected chi connectivity index (χ3v) is 1.37. The van der Waals surface area contributed by atoms with E-state index in [2.05, 4.69) is 17.0 Å². The Kier molecular flexibility index (Phi) is 1.92. The molecule has 1 aliphatic heterocycles. The summed E-state index contributed by atoms with van der Waals surface area (Å²) < 4.78 is 4.67. The molecule has 1 fully saturated rings. The van der Waals surface area contributed by atoms with Gasteiger partial charge in [-0.3, -0.25) is 0 Å². The fourth-order valence-electron chi connectivity index (χ4n) is 0.930. The summed E-state index contributed by atoms with van der Waals surface area (Å²) in [7, 11) is 0. The SMILES string of the molecule is CCC[C@@H]1COC(=O)N1. The first-order chi connectivity index (χ1) is 4.33. The van der Waals surface area contributed by atoms with Crippen LogP contribution in [-0.4, -0.2) is 18.7 Å². The summed E-state index contributed by atoms with van der Waals surface area (Å²) in [4.78, 5) is 10.4. The average Bonchev–Trinajstić information content (AvgIpc) is 2.17. The van der Waals surface area contributed by atoms with Crippen molar-refractivity contribution >= 4 is 6.09 Å². The van der Waals surface area contributed by atoms with Crippen LogP contribution in [0.1, 0.15) is 19.8 Å². The number of hydrogen-bond donors (Lipinski definition) is 1. The monoisotopic (exact) mass is 129 g/mol. The summed E-state index contributed by atoms with van der Waals surface area (Å²) in [5.41, 5.74) is 0. The molecular formula is C6H11NO2. The molecule has 3 nitrogen and oxygen atoms in total. The quantitative estimate of drug-likeness (QED) is 0.601. The van der Waals surface area contributed by atoms with Gasteiger partial charge >= 0.3 is 6.09 Å². The highest BCUT2D eigenvalue weighted by Gasteiger charge is 2.20. The Morgan fingerprint density at radius 3 is 3.11 bits per heavy atom. The molecule has 0 unspecified atom stereocenters. The molecule has 0 radical (unpaired) electrons. The lowest BCUT2D eigenvalue weighted by Gasteiger charge is -2.01. The summed E-state index contributed by atoms with van der Waals surface area (Å²) in [5, 5.41) is 2.69. The smallest absolute Gasteiger partial charge is 0.407 e. The summed E-state index contributed by atoms with van der Waals surface area (Å²) in [6.07, 6.45) is 1.84. The number of rotatable bonds is 2. The normalized spacial score (nSPS) is 25.4. The van der Waals surface area contributed by atoms with E-state index >= 15 is 0 Å². The second-order valence-corrected chi connectivity index (χ2v) is 2.23. The first kappa shape index (κ1) is 6.39. The minimum absolute atomic E-state index is 0.266. The molecule has 3 heteroatoms. The van der Waals surface area contributed by atoms with E-state index in [4.69, 9.17) is 0 Å². The number of amides is 1. The van der Waals surface area contributed by atoms with Gasteiger partial charge in [-0.25, -0.2) is 4.79 Å². The van der Waals surface area contributed by atoms with Crippen molar-refractivity contribution in [3.63, 3.8) is 0 Å². The van der Waals surface area contributed by atoms with Crippen LogP contribution in [-0.2, 0) is 4.74 Å². The third-order valence-electron chi connectivity index (χ3n) is 1.37. The molecule has 0 aliphatic carbocycles. The van der Waals surface area contributed by atoms with Crippen LogP contribution >= 0.6 is 0 Å². The molecule has 1 aliphatic rings. The van der Waals surface area contributed by atoms with Crippen molar-refractivity contribution in [2.24, 2.45) is 0 Å². The van der Waals surface area contributed by atoms with Crippen molar-refractivity contribution in [1.29, 1.82) is 0 Å². The van der Waals surface area contributed by atoms with E-state index in [1.807, 2.05) is 0 Å². The summed E-state index contributed by atoms with van der Waals surface area (Å²) >= 11 is 0. The second-order valence-electron chi connectivity index (χ2n) is 2.23. The van der Waals surface area contributed by atoms with Crippen LogP contribution in [0.5, 0.6) is 0 Å². The van der Waals surface area contributed by atoms with Crippen LogP contribution in [0.4, 0.5) is 4.79 Å². The molecule has 9 heavy (non-hydrogen) atoms. The lowest BCUT2D eigenvalue weighted by Crippen LogP contribution is -2.25. The molecular weight excluding hydrogens is 118 g/mol. The van der Waals surface area contributed by atoms with Crippen molar-refractivity contribution in [1.82, 2.24) is 5.32 Å². The Bertz CT molecular complexity index is 114. The average molecular weight is 129 g/mol. The number of alkyl carbamates (subject to hydrolysis) is 1. The third kappa shape index (κ3) is 1.59. The predicted molar refractivity (Wildman–Crippen MR) is 33.2 cm³/mol. The van der Waals surface area contributed by atoms with Crippen LogP contribution in [0.2, 0.25) is 0 Å². The molecule has 52 valence electrons. The van der Waals surface area contributed by atoms with Gasteiger partial charge in [0.25, 0.3) is 0 Å². The Balaban J connectivity index is 2.22. The van der Waals surface area contributed by atoms with Crippen LogP contribution in [0, 0.1) is 0 Å². The highest BCUT2D eigenvalue weighted by molar-refractivity contribution is 5.69. The molecule has 1 saturated heterocycles. The zero-order chi connectivity index (χ0) is 6.69. The maximum atomic E-state index is 10.4. The summed E-state index contributed by atoms with van der Waals surface area (Å²) in [5.74, 6) is 0. The number of cyclic esters (lactones) is 1. The van der Waals surface area contributed by atoms with E-state index in [1.165, 1.54) is 0 Å². The number of carbonyl (C=O) groups is 1. The standard InChI is InChI=1S/C6H11NO2/c1-2-3-5-4-9-6(8)7-5/h5H,2-4H2,1H3,(H,7,8)/t5-/m1/s1. The topological polar surface area (TPSA) is 38.3 Å². The molecule has 0 aromatic rings. The molecule has 0 saturated carbocycles. The summed E-state index contributed by atoms with van der Waals surface area (Å²) in [6, 6.07) is 0.266. The zero-order valence-corrected chi connectivity index (χ0v) is 5.52. The van der Waals surface area contributed by atoms with E-state index in [0.717, 1.165) is 12.8 Å². The van der Waals surface area contributed by atoms with E-state index in [0.29, 0.717) is 6.61 Å². The van der Waals surface area contributed by atoms with Crippen LogP contribution in [0.3, 0.4) is 0 Å². The van der Waals surface area contributed by atoms with E-state index < -0.39 is 0 Å². The fraction of sp³-hybridized carbons (Fsp3) is 0.833. The molecule has 1 N–H and O–H groups in total. The molecule has 1 heterocycles. The van der Waals surface area contributed by atoms with Crippen molar-refractivity contribution in [3.05, 3.63) is 0 Å². The Labute approximate surface area is 54.4 Å². The van der Waals surface area contributed by atoms with Gasteiger partial charge in [0, 0.05) is 0 Å². The van der Waals surface area contributed by atoms with Crippen molar-refractivity contribution in [3.8, 4) is 0 Å². The molecule has 1 atom stereocenters. The Hall–Kier alpha value is -0.730. The van der Waals surface area contributed by atoms with Crippen LogP contribution in [0.15, 0.2) is 0 Å². The van der Waals surface area contributed by atoms with Gasteiger partial charge in [0.05, 0.1) is 6.04 Å². The highest BCUT2D eigenvalue weighted by atomic mass is 16.6. The van der Waals surface area contributed by atoms with Crippen molar-refractivity contribution < 1.29 is 9.53 Å². The summed E-state index contributed by atoms with van der Waals surface area (Å²) in [6.45, 7) is 2.64. The van der Waals surface area contributed by atoms with Gasteiger partial charge in [-0.15, -0.1) is 0 Å². The largest absolute Gasteiger partial charge is 0.447 e. The van der Waals surface area contributed by atoms with Gasteiger partial charge in [-0.2, -0.15) is 0 Å². The molecule has 1 rings (SSSR count). The van der Waals surface area contributed by atoms with Gasteiger partial charge in [-0.05, 0) is 6.42 Å². The van der Waals surface area contributed by atoms with E-state index in [9.17, 15) is 4.79 Å². The van der Waals surface area contributed by atoms with E-state index in [-0.39, 0.29) is 12.1 Å². The maximum Gasteiger partial charge on any atom is 0.407 e. The number of nitrogens with one attached hydrogen (secondary N) is 1. The van der Waals surface area contributed by atoms with Gasteiger partial charge in [0.2, 0.25) is 0 Å². The van der Waals surface area contributed by atoms with Crippen LogP contribution < -0.4 is 5.32 Å². The number of ether oxygens (including phenoxy) is 1. The van der Waals surface area contributed by atoms with Gasteiger partial charge < -0.3 is 10.1 Å². The first-order valence-corrected chi connectivity index (χ1v) is 3.26. The van der Waals surface area contributed by atoms with Gasteiger partial charge in [0.15, 0.2) is 0 Å². The predicted octanol–water partition coefficient (Wildman–Crippen LogP) is 0.895. The molecule has 1 amide bonds. The lowest BCUT2D eigenvalue weighted by atomic mass is 10.2. The van der Waals surface area contributed by atoms with Crippen molar-refractivity contribution in [2.75, 3.05) is 6.61 Å². The fourth-order valence-corrected chi connectivity index (χ4v) is 0.930. The Morgan fingerprint density at radius 1 is 1.89 bits per heavy atom. The second kappa shape index (κ2) is 2.71. The van der Waals surface area contributed by atoms with E-state index in [1.54, 1.807) is 0 Å². The highest BCUT2D eigenvalue weighted by Crippen LogP contribution is 2.03. The molecule has 0 aromatic carbocycles. The van der Waals surface area contributed by atoms with Gasteiger partial charge in [0.1, 0.15) is 6.61 Å².